The number of halogens is 2. The quantitative estimate of drug-likeness (QED) is 0.831. The molecule has 0 saturated heterocycles. The summed E-state index contributed by atoms with van der Waals surface area (Å²) in [5.41, 5.74) is 2.12. The van der Waals surface area contributed by atoms with E-state index in [1.807, 2.05) is 17.0 Å². The van der Waals surface area contributed by atoms with Crippen molar-refractivity contribution in [3.05, 3.63) is 21.3 Å². The van der Waals surface area contributed by atoms with Gasteiger partial charge in [0.1, 0.15) is 0 Å². The van der Waals surface area contributed by atoms with Gasteiger partial charge in [-0.15, -0.1) is 12.4 Å². The van der Waals surface area contributed by atoms with Gasteiger partial charge in [-0.2, -0.15) is 0 Å². The fraction of sp³-hybridized carbons (Fsp3) is 0.364. The minimum atomic E-state index is 0. The number of aromatic hydroxyl groups is 1. The summed E-state index contributed by atoms with van der Waals surface area (Å²) in [6, 6.07) is 4.06. The highest BCUT2D eigenvalue weighted by molar-refractivity contribution is 14.1. The highest BCUT2D eigenvalue weighted by Crippen LogP contribution is 2.33. The molecule has 0 atom stereocenters. The van der Waals surface area contributed by atoms with Crippen LogP contribution in [0.25, 0.3) is 0 Å². The molecule has 5 heteroatoms. The third-order valence-electron chi connectivity index (χ3n) is 2.51. The molecule has 0 amide bonds. The molecular weight excluding hydrogens is 338 g/mol. The molecule has 1 aliphatic rings. The molecule has 2 rings (SSSR count). The average Bonchev–Trinajstić information content (AvgIpc) is 2.75. The number of rotatable bonds is 2. The molecule has 0 unspecified atom stereocenters. The van der Waals surface area contributed by atoms with Crippen LogP contribution in [0.2, 0.25) is 0 Å². The number of hydrogen-bond acceptors (Lipinski definition) is 3. The molecule has 0 saturated carbocycles. The van der Waals surface area contributed by atoms with Crippen molar-refractivity contribution in [3.63, 3.8) is 0 Å². The fourth-order valence-corrected chi connectivity index (χ4v) is 2.30. The van der Waals surface area contributed by atoms with Crippen LogP contribution in [-0.4, -0.2) is 24.5 Å². The lowest BCUT2D eigenvalue weighted by Gasteiger charge is -2.17. The lowest BCUT2D eigenvalue weighted by atomic mass is 10.1. The molecule has 0 aliphatic carbocycles. The molecule has 0 radical (unpaired) electrons. The van der Waals surface area contributed by atoms with Crippen molar-refractivity contribution in [2.45, 2.75) is 13.3 Å². The molecule has 1 aliphatic heterocycles. The predicted molar refractivity (Wildman–Crippen MR) is 78.2 cm³/mol. The van der Waals surface area contributed by atoms with Crippen LogP contribution in [0.1, 0.15) is 12.5 Å². The maximum atomic E-state index is 9.97. The minimum absolute atomic E-state index is 0. The zero-order valence-electron chi connectivity index (χ0n) is 8.98. The Balaban J connectivity index is 0.00000128. The van der Waals surface area contributed by atoms with Crippen molar-refractivity contribution in [2.24, 2.45) is 4.99 Å². The van der Waals surface area contributed by atoms with Gasteiger partial charge >= 0.3 is 0 Å². The number of hydrogen-bond donors (Lipinski definition) is 1. The SMILES string of the molecule is CCc1cc(I)c(O)c(N2C=NCC2)c1.Cl. The van der Waals surface area contributed by atoms with Gasteiger partial charge in [0.25, 0.3) is 0 Å². The van der Waals surface area contributed by atoms with E-state index in [0.717, 1.165) is 28.8 Å². The Bertz CT molecular complexity index is 409. The first-order valence-corrected chi connectivity index (χ1v) is 6.08. The topological polar surface area (TPSA) is 35.8 Å². The number of aliphatic imine (C=N–C) groups is 1. The largest absolute Gasteiger partial charge is 0.505 e. The predicted octanol–water partition coefficient (Wildman–Crippen LogP) is 2.83. The second-order valence-corrected chi connectivity index (χ2v) is 4.68. The molecule has 88 valence electrons. The Hall–Kier alpha value is -0.490. The summed E-state index contributed by atoms with van der Waals surface area (Å²) in [5, 5.41) is 9.97. The van der Waals surface area contributed by atoms with Crippen LogP contribution in [0.3, 0.4) is 0 Å². The summed E-state index contributed by atoms with van der Waals surface area (Å²) in [4.78, 5) is 6.15. The number of nitrogens with zero attached hydrogens (tertiary/aromatic N) is 2. The Labute approximate surface area is 115 Å². The van der Waals surface area contributed by atoms with Gasteiger partial charge in [0.15, 0.2) is 5.75 Å². The minimum Gasteiger partial charge on any atom is -0.505 e. The molecule has 0 spiro atoms. The number of phenols is 1. The molecule has 16 heavy (non-hydrogen) atoms. The molecule has 1 heterocycles. The van der Waals surface area contributed by atoms with E-state index in [4.69, 9.17) is 0 Å². The van der Waals surface area contributed by atoms with E-state index < -0.39 is 0 Å². The summed E-state index contributed by atoms with van der Waals surface area (Å²) in [7, 11) is 0. The Kier molecular flexibility index (Phi) is 4.86. The summed E-state index contributed by atoms with van der Waals surface area (Å²) in [6.45, 7) is 3.79. The Morgan fingerprint density at radius 2 is 2.25 bits per heavy atom. The van der Waals surface area contributed by atoms with Gasteiger partial charge in [-0.25, -0.2) is 0 Å². The van der Waals surface area contributed by atoms with Crippen molar-refractivity contribution in [2.75, 3.05) is 18.0 Å². The van der Waals surface area contributed by atoms with E-state index in [0.29, 0.717) is 5.75 Å². The normalized spacial score (nSPS) is 14.0. The average molecular weight is 353 g/mol. The monoisotopic (exact) mass is 352 g/mol. The van der Waals surface area contributed by atoms with Gasteiger partial charge in [0.2, 0.25) is 0 Å². The van der Waals surface area contributed by atoms with Gasteiger partial charge < -0.3 is 10.0 Å². The first-order valence-electron chi connectivity index (χ1n) is 5.00. The lowest BCUT2D eigenvalue weighted by Crippen LogP contribution is -2.18. The van der Waals surface area contributed by atoms with Gasteiger partial charge in [0.05, 0.1) is 22.1 Å². The van der Waals surface area contributed by atoms with Crippen molar-refractivity contribution in [1.82, 2.24) is 0 Å². The Morgan fingerprint density at radius 3 is 2.81 bits per heavy atom. The maximum Gasteiger partial charge on any atom is 0.152 e. The highest BCUT2D eigenvalue weighted by Gasteiger charge is 2.15. The lowest BCUT2D eigenvalue weighted by molar-refractivity contribution is 0.472. The smallest absolute Gasteiger partial charge is 0.152 e. The maximum absolute atomic E-state index is 9.97. The molecule has 1 N–H and O–H groups in total. The molecule has 0 bridgehead atoms. The second-order valence-electron chi connectivity index (χ2n) is 3.51. The molecular formula is C11H14ClIN2O. The van der Waals surface area contributed by atoms with Gasteiger partial charge in [-0.3, -0.25) is 4.99 Å². The van der Waals surface area contributed by atoms with Gasteiger partial charge in [-0.05, 0) is 46.7 Å². The van der Waals surface area contributed by atoms with Crippen LogP contribution >= 0.6 is 35.0 Å². The first-order chi connectivity index (χ1) is 7.22. The molecule has 1 aromatic carbocycles. The van der Waals surface area contributed by atoms with Gasteiger partial charge in [0, 0.05) is 6.54 Å². The molecule has 0 fully saturated rings. The van der Waals surface area contributed by atoms with Crippen molar-refractivity contribution >= 4 is 47.0 Å². The van der Waals surface area contributed by atoms with E-state index in [2.05, 4.69) is 34.5 Å². The van der Waals surface area contributed by atoms with Crippen molar-refractivity contribution in [1.29, 1.82) is 0 Å². The van der Waals surface area contributed by atoms with Crippen LogP contribution in [0.4, 0.5) is 5.69 Å². The van der Waals surface area contributed by atoms with Crippen molar-refractivity contribution in [3.8, 4) is 5.75 Å². The third kappa shape index (κ3) is 2.60. The zero-order valence-corrected chi connectivity index (χ0v) is 12.0. The van der Waals surface area contributed by atoms with E-state index >= 15 is 0 Å². The molecule has 0 aromatic heterocycles. The first kappa shape index (κ1) is 13.6. The van der Waals surface area contributed by atoms with Crippen LogP contribution in [0, 0.1) is 3.57 Å². The summed E-state index contributed by atoms with van der Waals surface area (Å²) >= 11 is 2.16. The van der Waals surface area contributed by atoms with E-state index in [1.165, 1.54) is 5.56 Å². The number of aryl methyl sites for hydroxylation is 1. The van der Waals surface area contributed by atoms with Crippen molar-refractivity contribution < 1.29 is 5.11 Å². The van der Waals surface area contributed by atoms with E-state index in [-0.39, 0.29) is 12.4 Å². The fourth-order valence-electron chi connectivity index (χ4n) is 1.62. The summed E-state index contributed by atoms with van der Waals surface area (Å²) in [5.74, 6) is 0.362. The third-order valence-corrected chi connectivity index (χ3v) is 3.33. The zero-order chi connectivity index (χ0) is 10.8. The number of phenolic OH excluding ortho intramolecular Hbond substituents is 1. The van der Waals surface area contributed by atoms with Crippen LogP contribution < -0.4 is 4.90 Å². The van der Waals surface area contributed by atoms with Crippen LogP contribution in [0.5, 0.6) is 5.75 Å². The summed E-state index contributed by atoms with van der Waals surface area (Å²) in [6.07, 6.45) is 2.78. The van der Waals surface area contributed by atoms with E-state index in [9.17, 15) is 5.11 Å². The number of benzene rings is 1. The standard InChI is InChI=1S/C11H13IN2O.ClH/c1-2-8-5-9(12)11(15)10(6-8)14-4-3-13-7-14;/h5-7,15H,2-4H2,1H3;1H. The molecule has 1 aromatic rings. The second kappa shape index (κ2) is 5.72. The van der Waals surface area contributed by atoms with Gasteiger partial charge in [-0.1, -0.05) is 6.92 Å². The Morgan fingerprint density at radius 1 is 1.50 bits per heavy atom. The van der Waals surface area contributed by atoms with Crippen LogP contribution in [0.15, 0.2) is 17.1 Å². The van der Waals surface area contributed by atoms with Crippen LogP contribution in [-0.2, 0) is 6.42 Å². The summed E-state index contributed by atoms with van der Waals surface area (Å²) < 4.78 is 0.905. The highest BCUT2D eigenvalue weighted by atomic mass is 127. The molecule has 3 nitrogen and oxygen atoms in total. The number of anilines is 1. The van der Waals surface area contributed by atoms with E-state index in [1.54, 1.807) is 6.34 Å².